The van der Waals surface area contributed by atoms with E-state index >= 15 is 0 Å². The molecule has 0 radical (unpaired) electrons. The zero-order valence-electron chi connectivity index (χ0n) is 12.8. The summed E-state index contributed by atoms with van der Waals surface area (Å²) in [5.74, 6) is 0.828. The molecule has 0 fully saturated rings. The third kappa shape index (κ3) is 5.44. The maximum atomic E-state index is 11.9. The molecule has 1 aromatic heterocycles. The SMILES string of the molecule is COCCCNC(=O)c1ccc(CSc2nc(C)cs2)cc1. The Morgan fingerprint density at radius 2 is 2.14 bits per heavy atom. The van der Waals surface area contributed by atoms with Gasteiger partial charge in [0, 0.05) is 42.7 Å². The number of aromatic nitrogens is 1. The third-order valence-electron chi connectivity index (χ3n) is 2.99. The molecular weight excluding hydrogens is 316 g/mol. The maximum Gasteiger partial charge on any atom is 0.251 e. The van der Waals surface area contributed by atoms with E-state index in [1.807, 2.05) is 31.2 Å². The fraction of sp³-hybridized carbons (Fsp3) is 0.375. The molecule has 1 amide bonds. The van der Waals surface area contributed by atoms with E-state index in [2.05, 4.69) is 15.7 Å². The van der Waals surface area contributed by atoms with Crippen molar-refractivity contribution in [3.8, 4) is 0 Å². The molecular formula is C16H20N2O2S2. The second kappa shape index (κ2) is 8.92. The molecule has 1 heterocycles. The number of carbonyl (C=O) groups is 1. The summed E-state index contributed by atoms with van der Waals surface area (Å²) in [6.07, 6.45) is 0.824. The van der Waals surface area contributed by atoms with Gasteiger partial charge in [0.15, 0.2) is 0 Å². The average molecular weight is 336 g/mol. The lowest BCUT2D eigenvalue weighted by atomic mass is 10.1. The molecule has 0 aliphatic heterocycles. The highest BCUT2D eigenvalue weighted by Gasteiger charge is 2.05. The van der Waals surface area contributed by atoms with Gasteiger partial charge >= 0.3 is 0 Å². The molecule has 0 spiro atoms. The number of thioether (sulfide) groups is 1. The minimum absolute atomic E-state index is 0.0362. The van der Waals surface area contributed by atoms with Gasteiger partial charge in [0.25, 0.3) is 5.91 Å². The van der Waals surface area contributed by atoms with E-state index in [-0.39, 0.29) is 5.91 Å². The number of rotatable bonds is 8. The van der Waals surface area contributed by atoms with Crippen molar-refractivity contribution in [2.24, 2.45) is 0 Å². The lowest BCUT2D eigenvalue weighted by molar-refractivity contribution is 0.0948. The van der Waals surface area contributed by atoms with Crippen LogP contribution in [0, 0.1) is 6.92 Å². The molecule has 0 bridgehead atoms. The van der Waals surface area contributed by atoms with Crippen LogP contribution < -0.4 is 5.32 Å². The third-order valence-corrected chi connectivity index (χ3v) is 5.20. The van der Waals surface area contributed by atoms with Gasteiger partial charge in [0.1, 0.15) is 4.34 Å². The van der Waals surface area contributed by atoms with Crippen LogP contribution in [0.3, 0.4) is 0 Å². The number of methoxy groups -OCH3 is 1. The predicted molar refractivity (Wildman–Crippen MR) is 91.7 cm³/mol. The van der Waals surface area contributed by atoms with Crippen LogP contribution in [-0.2, 0) is 10.5 Å². The fourth-order valence-electron chi connectivity index (χ4n) is 1.82. The Bertz CT molecular complexity index is 596. The Morgan fingerprint density at radius 1 is 1.36 bits per heavy atom. The number of benzene rings is 1. The van der Waals surface area contributed by atoms with Crippen molar-refractivity contribution in [1.29, 1.82) is 0 Å². The largest absolute Gasteiger partial charge is 0.385 e. The summed E-state index contributed by atoms with van der Waals surface area (Å²) in [6.45, 7) is 3.29. The van der Waals surface area contributed by atoms with E-state index in [9.17, 15) is 4.79 Å². The van der Waals surface area contributed by atoms with Crippen molar-refractivity contribution in [3.63, 3.8) is 0 Å². The normalized spacial score (nSPS) is 10.6. The molecule has 22 heavy (non-hydrogen) atoms. The second-order valence-corrected chi connectivity index (χ2v) is 6.92. The number of carbonyl (C=O) groups excluding carboxylic acids is 1. The van der Waals surface area contributed by atoms with Crippen molar-refractivity contribution in [2.75, 3.05) is 20.3 Å². The fourth-order valence-corrected chi connectivity index (χ4v) is 3.62. The smallest absolute Gasteiger partial charge is 0.251 e. The Kier molecular flexibility index (Phi) is 6.89. The lowest BCUT2D eigenvalue weighted by Gasteiger charge is -2.06. The summed E-state index contributed by atoms with van der Waals surface area (Å²) in [7, 11) is 1.66. The summed E-state index contributed by atoms with van der Waals surface area (Å²) in [5, 5.41) is 4.94. The Balaban J connectivity index is 1.80. The zero-order valence-corrected chi connectivity index (χ0v) is 14.4. The van der Waals surface area contributed by atoms with Gasteiger partial charge < -0.3 is 10.1 Å². The number of thiazole rings is 1. The minimum Gasteiger partial charge on any atom is -0.385 e. The highest BCUT2D eigenvalue weighted by atomic mass is 32.2. The number of ether oxygens (including phenoxy) is 1. The number of hydrogen-bond donors (Lipinski definition) is 1. The first-order valence-corrected chi connectivity index (χ1v) is 8.96. The molecule has 2 rings (SSSR count). The van der Waals surface area contributed by atoms with Gasteiger partial charge in [-0.1, -0.05) is 23.9 Å². The van der Waals surface area contributed by atoms with Crippen LogP contribution in [0.2, 0.25) is 0 Å². The first kappa shape index (κ1) is 17.0. The van der Waals surface area contributed by atoms with E-state index in [4.69, 9.17) is 4.74 Å². The first-order valence-electron chi connectivity index (χ1n) is 7.10. The van der Waals surface area contributed by atoms with E-state index in [1.165, 1.54) is 5.56 Å². The molecule has 118 valence electrons. The van der Waals surface area contributed by atoms with Crippen molar-refractivity contribution in [3.05, 3.63) is 46.5 Å². The highest BCUT2D eigenvalue weighted by molar-refractivity contribution is 8.00. The predicted octanol–water partition coefficient (Wildman–Crippen LogP) is 3.51. The molecule has 0 unspecified atom stereocenters. The summed E-state index contributed by atoms with van der Waals surface area (Å²) < 4.78 is 6.03. The number of amides is 1. The minimum atomic E-state index is -0.0362. The topological polar surface area (TPSA) is 51.2 Å². The van der Waals surface area contributed by atoms with Gasteiger partial charge in [-0.05, 0) is 31.0 Å². The van der Waals surface area contributed by atoms with Crippen LogP contribution in [0.4, 0.5) is 0 Å². The van der Waals surface area contributed by atoms with Crippen LogP contribution in [0.1, 0.15) is 28.0 Å². The summed E-state index contributed by atoms with van der Waals surface area (Å²) in [6, 6.07) is 7.73. The average Bonchev–Trinajstić information content (AvgIpc) is 2.95. The van der Waals surface area contributed by atoms with E-state index < -0.39 is 0 Å². The van der Waals surface area contributed by atoms with E-state index in [1.54, 1.807) is 30.2 Å². The van der Waals surface area contributed by atoms with Gasteiger partial charge in [0.05, 0.1) is 0 Å². The number of aryl methyl sites for hydroxylation is 1. The van der Waals surface area contributed by atoms with Gasteiger partial charge in [0.2, 0.25) is 0 Å². The van der Waals surface area contributed by atoms with Crippen molar-refractivity contribution in [2.45, 2.75) is 23.4 Å². The zero-order chi connectivity index (χ0) is 15.8. The molecule has 1 aromatic carbocycles. The van der Waals surface area contributed by atoms with Gasteiger partial charge in [-0.25, -0.2) is 4.98 Å². The molecule has 0 aliphatic rings. The molecule has 0 aliphatic carbocycles. The molecule has 0 atom stereocenters. The monoisotopic (exact) mass is 336 g/mol. The summed E-state index contributed by atoms with van der Waals surface area (Å²) in [4.78, 5) is 16.4. The molecule has 0 saturated carbocycles. The molecule has 0 saturated heterocycles. The Hall–Kier alpha value is -1.37. The van der Waals surface area contributed by atoms with Crippen molar-refractivity contribution < 1.29 is 9.53 Å². The van der Waals surface area contributed by atoms with Gasteiger partial charge in [-0.15, -0.1) is 11.3 Å². The quantitative estimate of drug-likeness (QED) is 0.592. The first-order chi connectivity index (χ1) is 10.7. The standard InChI is InChI=1S/C16H20N2O2S2/c1-12-10-21-16(18-12)22-11-13-4-6-14(7-5-13)15(19)17-8-3-9-20-2/h4-7,10H,3,8-9,11H2,1-2H3,(H,17,19). The number of hydrogen-bond acceptors (Lipinski definition) is 5. The van der Waals surface area contributed by atoms with Crippen LogP contribution in [0.15, 0.2) is 34.0 Å². The second-order valence-electron chi connectivity index (χ2n) is 4.84. The van der Waals surface area contributed by atoms with Crippen LogP contribution >= 0.6 is 23.1 Å². The van der Waals surface area contributed by atoms with Gasteiger partial charge in [-0.2, -0.15) is 0 Å². The maximum absolute atomic E-state index is 11.9. The molecule has 2 aromatic rings. The molecule has 1 N–H and O–H groups in total. The van der Waals surface area contributed by atoms with Crippen LogP contribution in [0.25, 0.3) is 0 Å². The van der Waals surface area contributed by atoms with E-state index in [0.717, 1.165) is 22.2 Å². The Labute approximate surface area is 139 Å². The molecule has 6 heteroatoms. The summed E-state index contributed by atoms with van der Waals surface area (Å²) in [5.41, 5.74) is 2.94. The highest BCUT2D eigenvalue weighted by Crippen LogP contribution is 2.25. The lowest BCUT2D eigenvalue weighted by Crippen LogP contribution is -2.25. The number of nitrogens with zero attached hydrogens (tertiary/aromatic N) is 1. The number of nitrogens with one attached hydrogen (secondary N) is 1. The summed E-state index contributed by atoms with van der Waals surface area (Å²) >= 11 is 3.39. The van der Waals surface area contributed by atoms with Crippen molar-refractivity contribution >= 4 is 29.0 Å². The van der Waals surface area contributed by atoms with E-state index in [0.29, 0.717) is 18.7 Å². The molecule has 4 nitrogen and oxygen atoms in total. The Morgan fingerprint density at radius 3 is 2.77 bits per heavy atom. The van der Waals surface area contributed by atoms with Gasteiger partial charge in [-0.3, -0.25) is 4.79 Å². The van der Waals surface area contributed by atoms with Crippen LogP contribution in [0.5, 0.6) is 0 Å². The van der Waals surface area contributed by atoms with Crippen LogP contribution in [-0.4, -0.2) is 31.2 Å². The van der Waals surface area contributed by atoms with Crippen molar-refractivity contribution in [1.82, 2.24) is 10.3 Å².